The second-order valence-corrected chi connectivity index (χ2v) is 14.6. The Bertz CT molecular complexity index is 1550. The number of amides is 4. The molecule has 6 N–H and O–H groups in total. The van der Waals surface area contributed by atoms with Crippen LogP contribution in [0.1, 0.15) is 59.1 Å². The zero-order valence-corrected chi connectivity index (χ0v) is 29.9. The Labute approximate surface area is 294 Å². The Balaban J connectivity index is 1.95. The zero-order valence-electron chi connectivity index (χ0n) is 29.9. The second kappa shape index (κ2) is 17.6. The van der Waals surface area contributed by atoms with Crippen LogP contribution in [0.3, 0.4) is 0 Å². The molecule has 270 valence electrons. The third kappa shape index (κ3) is 12.2. The van der Waals surface area contributed by atoms with E-state index in [2.05, 4.69) is 26.3 Å². The van der Waals surface area contributed by atoms with Gasteiger partial charge in [-0.1, -0.05) is 102 Å². The van der Waals surface area contributed by atoms with Gasteiger partial charge in [0.15, 0.2) is 0 Å². The van der Waals surface area contributed by atoms with Gasteiger partial charge in [-0.05, 0) is 53.4 Å². The van der Waals surface area contributed by atoms with Gasteiger partial charge in [0, 0.05) is 17.8 Å². The van der Waals surface area contributed by atoms with Crippen LogP contribution < -0.4 is 21.3 Å². The molecular formula is C38H51N5O7. The summed E-state index contributed by atoms with van der Waals surface area (Å²) in [7, 11) is 1.22. The normalized spacial score (nSPS) is 14.6. The summed E-state index contributed by atoms with van der Waals surface area (Å²) in [5, 5.41) is 32.1. The van der Waals surface area contributed by atoms with Crippen LogP contribution in [0, 0.1) is 10.8 Å². The minimum absolute atomic E-state index is 0.0210. The van der Waals surface area contributed by atoms with Crippen molar-refractivity contribution >= 4 is 24.0 Å². The number of nitrogens with one attached hydrogen (secondary N) is 4. The van der Waals surface area contributed by atoms with Crippen molar-refractivity contribution in [2.75, 3.05) is 7.11 Å². The second-order valence-electron chi connectivity index (χ2n) is 14.6. The molecule has 0 fully saturated rings. The van der Waals surface area contributed by atoms with E-state index in [1.54, 1.807) is 27.0 Å². The number of rotatable bonds is 14. The highest BCUT2D eigenvalue weighted by atomic mass is 16.5. The predicted octanol–water partition coefficient (Wildman–Crippen LogP) is 4.71. The average Bonchev–Trinajstić information content (AvgIpc) is 3.05. The number of hydrogen-bond acceptors (Lipinski definition) is 7. The molecule has 3 rings (SSSR count). The Morgan fingerprint density at radius 1 is 0.720 bits per heavy atom. The number of benzene rings is 2. The molecule has 0 bridgehead atoms. The van der Waals surface area contributed by atoms with Crippen molar-refractivity contribution in [3.05, 3.63) is 90.1 Å². The van der Waals surface area contributed by atoms with Gasteiger partial charge in [-0.2, -0.15) is 0 Å². The topological polar surface area (TPSA) is 179 Å². The predicted molar refractivity (Wildman–Crippen MR) is 191 cm³/mol. The number of aliphatic hydroxyl groups excluding tert-OH is 1. The van der Waals surface area contributed by atoms with Crippen LogP contribution in [-0.4, -0.2) is 76.6 Å². The minimum Gasteiger partial charge on any atom is -0.465 e. The van der Waals surface area contributed by atoms with E-state index >= 15 is 0 Å². The van der Waals surface area contributed by atoms with Crippen LogP contribution in [0.25, 0.3) is 11.3 Å². The van der Waals surface area contributed by atoms with Gasteiger partial charge >= 0.3 is 12.2 Å². The van der Waals surface area contributed by atoms with Gasteiger partial charge in [0.05, 0.1) is 24.9 Å². The van der Waals surface area contributed by atoms with Crippen LogP contribution in [-0.2, 0) is 27.2 Å². The number of carbonyl (C=O) groups excluding carboxylic acids is 3. The maximum Gasteiger partial charge on any atom is 0.407 e. The molecule has 4 amide bonds. The maximum absolute atomic E-state index is 13.8. The number of aromatic nitrogens is 1. The summed E-state index contributed by atoms with van der Waals surface area (Å²) in [6.07, 6.45) is -0.974. The first-order valence-corrected chi connectivity index (χ1v) is 16.6. The Kier molecular flexibility index (Phi) is 13.9. The van der Waals surface area contributed by atoms with E-state index in [0.29, 0.717) is 6.42 Å². The lowest BCUT2D eigenvalue weighted by atomic mass is 9.85. The lowest BCUT2D eigenvalue weighted by Crippen LogP contribution is -2.58. The van der Waals surface area contributed by atoms with Crippen LogP contribution in [0.5, 0.6) is 0 Å². The lowest BCUT2D eigenvalue weighted by molar-refractivity contribution is -0.128. The number of pyridine rings is 1. The molecule has 12 heteroatoms. The molecule has 0 aliphatic heterocycles. The summed E-state index contributed by atoms with van der Waals surface area (Å²) in [6.45, 7) is 10.7. The van der Waals surface area contributed by atoms with Crippen molar-refractivity contribution in [3.8, 4) is 11.3 Å². The van der Waals surface area contributed by atoms with Gasteiger partial charge in [0.1, 0.15) is 12.1 Å². The molecule has 50 heavy (non-hydrogen) atoms. The first-order valence-electron chi connectivity index (χ1n) is 16.6. The van der Waals surface area contributed by atoms with Crippen LogP contribution in [0.4, 0.5) is 9.59 Å². The fourth-order valence-electron chi connectivity index (χ4n) is 5.63. The molecule has 1 heterocycles. The first-order chi connectivity index (χ1) is 23.5. The van der Waals surface area contributed by atoms with E-state index in [9.17, 15) is 29.4 Å². The van der Waals surface area contributed by atoms with Gasteiger partial charge in [0.25, 0.3) is 0 Å². The van der Waals surface area contributed by atoms with Crippen molar-refractivity contribution in [1.29, 1.82) is 0 Å². The van der Waals surface area contributed by atoms with Gasteiger partial charge in [-0.15, -0.1) is 0 Å². The summed E-state index contributed by atoms with van der Waals surface area (Å²) in [4.78, 5) is 55.6. The summed E-state index contributed by atoms with van der Waals surface area (Å²) >= 11 is 0. The van der Waals surface area contributed by atoms with E-state index in [1.807, 2.05) is 93.6 Å². The smallest absolute Gasteiger partial charge is 0.407 e. The monoisotopic (exact) mass is 689 g/mol. The number of aliphatic hydroxyl groups is 1. The maximum atomic E-state index is 13.8. The van der Waals surface area contributed by atoms with Gasteiger partial charge in [-0.3, -0.25) is 14.6 Å². The highest BCUT2D eigenvalue weighted by molar-refractivity contribution is 5.87. The molecule has 0 aliphatic rings. The highest BCUT2D eigenvalue weighted by Gasteiger charge is 2.37. The molecule has 1 aromatic heterocycles. The Hall–Kier alpha value is -4.97. The summed E-state index contributed by atoms with van der Waals surface area (Å²) in [6, 6.07) is 19.1. The van der Waals surface area contributed by atoms with E-state index in [0.717, 1.165) is 22.4 Å². The molecule has 3 aromatic rings. The van der Waals surface area contributed by atoms with Gasteiger partial charge in [0.2, 0.25) is 11.8 Å². The van der Waals surface area contributed by atoms with Crippen molar-refractivity contribution in [1.82, 2.24) is 26.3 Å². The molecule has 2 aromatic carbocycles. The molecule has 5 unspecified atom stereocenters. The Morgan fingerprint density at radius 2 is 1.28 bits per heavy atom. The minimum atomic E-state index is -1.34. The third-order valence-electron chi connectivity index (χ3n) is 8.33. The SMILES string of the molecule is COC(=O)NC(C(=O)NC(Cc1ccc(-c2ccccn2)cc1)CC(O)C(Cc1ccccc1)NC(=O)C(NC(=O)O)C(C)(C)C)C(C)(C)C. The first kappa shape index (κ1) is 39.5. The number of hydrogen-bond donors (Lipinski definition) is 6. The molecule has 5 atom stereocenters. The van der Waals surface area contributed by atoms with E-state index in [-0.39, 0.29) is 12.8 Å². The number of methoxy groups -OCH3 is 1. The standard InChI is InChI=1S/C38H51N5O7/c1-37(2,3)31(42-35(47)48)34(46)41-29(22-24-13-9-8-10-14-24)30(44)23-27(40-33(45)32(38(4,5)6)43-36(49)50-7)21-25-16-18-26(19-17-25)28-15-11-12-20-39-28/h8-20,27,29-32,42,44H,21-23H2,1-7H3,(H,40,45)(H,41,46)(H,43,49)(H,47,48). The molecular weight excluding hydrogens is 638 g/mol. The zero-order chi connectivity index (χ0) is 37.1. The third-order valence-corrected chi connectivity index (χ3v) is 8.33. The Morgan fingerprint density at radius 3 is 1.82 bits per heavy atom. The largest absolute Gasteiger partial charge is 0.465 e. The van der Waals surface area contributed by atoms with Crippen LogP contribution in [0.2, 0.25) is 0 Å². The molecule has 0 aliphatic carbocycles. The van der Waals surface area contributed by atoms with Crippen molar-refractivity contribution in [2.45, 2.75) is 91.1 Å². The number of nitrogens with zero attached hydrogens (tertiary/aromatic N) is 1. The number of carboxylic acid groups (broad SMARTS) is 1. The quantitative estimate of drug-likeness (QED) is 0.141. The molecule has 0 saturated carbocycles. The number of alkyl carbamates (subject to hydrolysis) is 1. The summed E-state index contributed by atoms with van der Waals surface area (Å²) in [5.41, 5.74) is 1.99. The number of ether oxygens (including phenoxy) is 1. The van der Waals surface area contributed by atoms with Gasteiger partial charge in [-0.25, -0.2) is 9.59 Å². The van der Waals surface area contributed by atoms with Crippen molar-refractivity contribution < 1.29 is 34.1 Å². The molecule has 0 radical (unpaired) electrons. The van der Waals surface area contributed by atoms with Crippen LogP contribution in [0.15, 0.2) is 79.0 Å². The van der Waals surface area contributed by atoms with Crippen molar-refractivity contribution in [2.24, 2.45) is 10.8 Å². The molecule has 12 nitrogen and oxygen atoms in total. The molecule has 0 spiro atoms. The van der Waals surface area contributed by atoms with Gasteiger partial charge < -0.3 is 36.2 Å². The lowest BCUT2D eigenvalue weighted by Gasteiger charge is -2.34. The summed E-state index contributed by atoms with van der Waals surface area (Å²) in [5.74, 6) is -1.05. The van der Waals surface area contributed by atoms with Crippen molar-refractivity contribution in [3.63, 3.8) is 0 Å². The highest BCUT2D eigenvalue weighted by Crippen LogP contribution is 2.23. The molecule has 0 saturated heterocycles. The average molecular weight is 690 g/mol. The van der Waals surface area contributed by atoms with Crippen LogP contribution >= 0.6 is 0 Å². The van der Waals surface area contributed by atoms with E-state index in [4.69, 9.17) is 4.74 Å². The van der Waals surface area contributed by atoms with E-state index in [1.165, 1.54) is 7.11 Å². The fraction of sp³-hybridized carbons (Fsp3) is 0.447. The van der Waals surface area contributed by atoms with E-state index < -0.39 is 65.1 Å². The number of carbonyl (C=O) groups is 4. The summed E-state index contributed by atoms with van der Waals surface area (Å²) < 4.78 is 4.77. The fourth-order valence-corrected chi connectivity index (χ4v) is 5.63.